The molecule has 16 heavy (non-hydrogen) atoms. The summed E-state index contributed by atoms with van der Waals surface area (Å²) in [5, 5.41) is 0. The Morgan fingerprint density at radius 1 is 1.12 bits per heavy atom. The number of esters is 2. The highest BCUT2D eigenvalue weighted by Crippen LogP contribution is 1.96. The van der Waals surface area contributed by atoms with Crippen LogP contribution >= 0.6 is 0 Å². The van der Waals surface area contributed by atoms with E-state index in [9.17, 15) is 9.59 Å². The van der Waals surface area contributed by atoms with E-state index in [-0.39, 0.29) is 24.8 Å². The fourth-order valence-corrected chi connectivity index (χ4v) is 1.10. The number of rotatable bonds is 7. The molecule has 0 N–H and O–H groups in total. The van der Waals surface area contributed by atoms with Gasteiger partial charge in [-0.3, -0.25) is 14.5 Å². The zero-order chi connectivity index (χ0) is 12.4. The number of nitrogens with zero attached hydrogens (tertiary/aromatic N) is 1. The van der Waals surface area contributed by atoms with Gasteiger partial charge in [0.05, 0.1) is 33.6 Å². The van der Waals surface area contributed by atoms with Crippen LogP contribution in [0.5, 0.6) is 0 Å². The average molecular weight is 227 g/mol. The Hall–Kier alpha value is -1.54. The third-order valence-corrected chi connectivity index (χ3v) is 2.03. The molecule has 0 heterocycles. The normalized spacial score (nSPS) is 9.62. The molecular weight excluding hydrogens is 210 g/mol. The van der Waals surface area contributed by atoms with Crippen molar-refractivity contribution >= 4 is 11.9 Å². The Morgan fingerprint density at radius 2 is 1.56 bits per heavy atom. The summed E-state index contributed by atoms with van der Waals surface area (Å²) in [6, 6.07) is 0. The quantitative estimate of drug-likeness (QED) is 0.454. The van der Waals surface area contributed by atoms with Crippen LogP contribution in [0.3, 0.4) is 0 Å². The molecule has 0 bridgehead atoms. The lowest BCUT2D eigenvalue weighted by molar-refractivity contribution is -0.141. The molecule has 0 rings (SSSR count). The van der Waals surface area contributed by atoms with Crippen molar-refractivity contribution in [3.8, 4) is 12.3 Å². The van der Waals surface area contributed by atoms with E-state index >= 15 is 0 Å². The summed E-state index contributed by atoms with van der Waals surface area (Å²) < 4.78 is 9.03. The van der Waals surface area contributed by atoms with Gasteiger partial charge in [-0.25, -0.2) is 0 Å². The van der Waals surface area contributed by atoms with Crippen LogP contribution in [0.15, 0.2) is 0 Å². The van der Waals surface area contributed by atoms with Gasteiger partial charge in [0.15, 0.2) is 0 Å². The monoisotopic (exact) mass is 227 g/mol. The van der Waals surface area contributed by atoms with E-state index in [1.807, 2.05) is 4.90 Å². The lowest BCUT2D eigenvalue weighted by Crippen LogP contribution is -2.29. The second-order valence-electron chi connectivity index (χ2n) is 3.13. The van der Waals surface area contributed by atoms with Crippen molar-refractivity contribution in [2.24, 2.45) is 0 Å². The van der Waals surface area contributed by atoms with E-state index < -0.39 is 0 Å². The van der Waals surface area contributed by atoms with Crippen molar-refractivity contribution < 1.29 is 19.1 Å². The van der Waals surface area contributed by atoms with Gasteiger partial charge in [0.2, 0.25) is 0 Å². The fraction of sp³-hybridized carbons (Fsp3) is 0.636. The van der Waals surface area contributed by atoms with Crippen LogP contribution in [0.4, 0.5) is 0 Å². The zero-order valence-electron chi connectivity index (χ0n) is 9.69. The largest absolute Gasteiger partial charge is 0.469 e. The second kappa shape index (κ2) is 8.74. The molecule has 0 aliphatic heterocycles. The van der Waals surface area contributed by atoms with Crippen LogP contribution < -0.4 is 0 Å². The maximum absolute atomic E-state index is 10.9. The standard InChI is InChI=1S/C11H17NO4/c1-4-7-12(8-5-10(13)15-2)9-6-11(14)16-3/h1H,5-9H2,2-3H3. The molecule has 5 nitrogen and oxygen atoms in total. The highest BCUT2D eigenvalue weighted by molar-refractivity contribution is 5.70. The number of carbonyl (C=O) groups is 2. The summed E-state index contributed by atoms with van der Waals surface area (Å²) in [6.45, 7) is 1.36. The Kier molecular flexibility index (Phi) is 7.90. The van der Waals surface area contributed by atoms with Gasteiger partial charge in [-0.1, -0.05) is 5.92 Å². The molecular formula is C11H17NO4. The van der Waals surface area contributed by atoms with Crippen molar-refractivity contribution in [2.45, 2.75) is 12.8 Å². The predicted molar refractivity (Wildman–Crippen MR) is 58.5 cm³/mol. The molecule has 0 atom stereocenters. The summed E-state index contributed by atoms with van der Waals surface area (Å²) in [6.07, 6.45) is 5.71. The van der Waals surface area contributed by atoms with Crippen LogP contribution in [0.25, 0.3) is 0 Å². The summed E-state index contributed by atoms with van der Waals surface area (Å²) in [4.78, 5) is 23.7. The first-order valence-electron chi connectivity index (χ1n) is 4.93. The summed E-state index contributed by atoms with van der Waals surface area (Å²) in [5.74, 6) is 1.89. The molecule has 0 radical (unpaired) electrons. The van der Waals surface area contributed by atoms with Crippen LogP contribution in [0, 0.1) is 12.3 Å². The van der Waals surface area contributed by atoms with Crippen molar-refractivity contribution in [3.63, 3.8) is 0 Å². The number of carbonyl (C=O) groups excluding carboxylic acids is 2. The van der Waals surface area contributed by atoms with Crippen molar-refractivity contribution in [2.75, 3.05) is 33.9 Å². The Morgan fingerprint density at radius 3 is 1.88 bits per heavy atom. The molecule has 0 spiro atoms. The van der Waals surface area contributed by atoms with Crippen LogP contribution in [0.2, 0.25) is 0 Å². The highest BCUT2D eigenvalue weighted by Gasteiger charge is 2.09. The van der Waals surface area contributed by atoms with Gasteiger partial charge in [0.1, 0.15) is 0 Å². The van der Waals surface area contributed by atoms with Gasteiger partial charge in [0.25, 0.3) is 0 Å². The number of hydrogen-bond acceptors (Lipinski definition) is 5. The van der Waals surface area contributed by atoms with Crippen molar-refractivity contribution in [1.29, 1.82) is 0 Å². The Labute approximate surface area is 95.7 Å². The van der Waals surface area contributed by atoms with E-state index in [0.29, 0.717) is 19.6 Å². The molecule has 0 unspecified atom stereocenters. The zero-order valence-corrected chi connectivity index (χ0v) is 9.69. The molecule has 0 aliphatic carbocycles. The number of hydrogen-bond donors (Lipinski definition) is 0. The second-order valence-corrected chi connectivity index (χ2v) is 3.13. The predicted octanol–water partition coefficient (Wildman–Crippen LogP) is 0.0478. The molecule has 0 amide bonds. The molecule has 0 aromatic rings. The molecule has 0 fully saturated rings. The van der Waals surface area contributed by atoms with Crippen molar-refractivity contribution in [1.82, 2.24) is 4.90 Å². The van der Waals surface area contributed by atoms with Gasteiger partial charge in [-0.05, 0) is 0 Å². The van der Waals surface area contributed by atoms with Crippen LogP contribution in [0.1, 0.15) is 12.8 Å². The van der Waals surface area contributed by atoms with E-state index in [0.717, 1.165) is 0 Å². The van der Waals surface area contributed by atoms with E-state index in [4.69, 9.17) is 6.42 Å². The van der Waals surface area contributed by atoms with Crippen molar-refractivity contribution in [3.05, 3.63) is 0 Å². The van der Waals surface area contributed by atoms with Gasteiger partial charge in [-0.15, -0.1) is 6.42 Å². The Balaban J connectivity index is 3.93. The molecule has 90 valence electrons. The smallest absolute Gasteiger partial charge is 0.306 e. The molecule has 0 aliphatic rings. The number of terminal acetylenes is 1. The van der Waals surface area contributed by atoms with Gasteiger partial charge < -0.3 is 9.47 Å². The first-order valence-corrected chi connectivity index (χ1v) is 4.93. The average Bonchev–Trinajstić information content (AvgIpc) is 2.31. The van der Waals surface area contributed by atoms with Gasteiger partial charge >= 0.3 is 11.9 Å². The first-order chi connectivity index (χ1) is 7.63. The maximum Gasteiger partial charge on any atom is 0.306 e. The minimum atomic E-state index is -0.292. The molecule has 0 aromatic heterocycles. The molecule has 0 aromatic carbocycles. The summed E-state index contributed by atoms with van der Waals surface area (Å²) in [7, 11) is 2.67. The van der Waals surface area contributed by atoms with E-state index in [2.05, 4.69) is 15.4 Å². The van der Waals surface area contributed by atoms with E-state index in [1.54, 1.807) is 0 Å². The van der Waals surface area contributed by atoms with Crippen LogP contribution in [-0.2, 0) is 19.1 Å². The van der Waals surface area contributed by atoms with E-state index in [1.165, 1.54) is 14.2 Å². The van der Waals surface area contributed by atoms with Gasteiger partial charge in [-0.2, -0.15) is 0 Å². The third-order valence-electron chi connectivity index (χ3n) is 2.03. The minimum absolute atomic E-state index is 0.263. The maximum atomic E-state index is 10.9. The third kappa shape index (κ3) is 6.85. The van der Waals surface area contributed by atoms with Gasteiger partial charge in [0, 0.05) is 13.1 Å². The highest BCUT2D eigenvalue weighted by atomic mass is 16.5. The first kappa shape index (κ1) is 14.5. The minimum Gasteiger partial charge on any atom is -0.469 e. The van der Waals surface area contributed by atoms with Crippen LogP contribution in [-0.4, -0.2) is 50.7 Å². The fourth-order valence-electron chi connectivity index (χ4n) is 1.10. The number of methoxy groups -OCH3 is 2. The topological polar surface area (TPSA) is 55.8 Å². The summed E-state index contributed by atoms with van der Waals surface area (Å²) >= 11 is 0. The molecule has 0 saturated heterocycles. The SMILES string of the molecule is C#CCN(CCC(=O)OC)CCC(=O)OC. The lowest BCUT2D eigenvalue weighted by atomic mass is 10.3. The summed E-state index contributed by atoms with van der Waals surface area (Å²) in [5.41, 5.74) is 0. The number of ether oxygens (including phenoxy) is 2. The molecule has 0 saturated carbocycles. The molecule has 5 heteroatoms. The Bertz CT molecular complexity index is 250. The lowest BCUT2D eigenvalue weighted by Gasteiger charge is -2.18.